The minimum absolute atomic E-state index is 0.153. The molecule has 2 N–H and O–H groups in total. The summed E-state index contributed by atoms with van der Waals surface area (Å²) in [5.74, 6) is -0.623. The van der Waals surface area contributed by atoms with Crippen LogP contribution in [-0.2, 0) is 4.79 Å². The van der Waals surface area contributed by atoms with Crippen molar-refractivity contribution in [3.63, 3.8) is 0 Å². The highest BCUT2D eigenvalue weighted by Gasteiger charge is 2.15. The first-order chi connectivity index (χ1) is 10.1. The molecule has 7 nitrogen and oxygen atoms in total. The summed E-state index contributed by atoms with van der Waals surface area (Å²) in [4.78, 5) is 33.7. The Hall–Kier alpha value is -2.32. The number of amides is 2. The van der Waals surface area contributed by atoms with Gasteiger partial charge in [-0.25, -0.2) is 9.97 Å². The summed E-state index contributed by atoms with van der Waals surface area (Å²) >= 11 is 1.31. The van der Waals surface area contributed by atoms with Gasteiger partial charge < -0.3 is 10.2 Å². The largest absolute Gasteiger partial charge is 0.323 e. The van der Waals surface area contributed by atoms with Crippen LogP contribution in [0.2, 0.25) is 0 Å². The molecule has 2 aromatic rings. The molecule has 0 spiro atoms. The van der Waals surface area contributed by atoms with Crippen molar-refractivity contribution < 1.29 is 9.59 Å². The molecule has 2 rings (SSSR count). The van der Waals surface area contributed by atoms with Gasteiger partial charge in [-0.05, 0) is 26.2 Å². The van der Waals surface area contributed by atoms with Gasteiger partial charge in [0.25, 0.3) is 5.91 Å². The number of pyridine rings is 1. The van der Waals surface area contributed by atoms with E-state index in [1.165, 1.54) is 17.5 Å². The molecule has 2 amide bonds. The molecule has 21 heavy (non-hydrogen) atoms. The molecule has 0 aliphatic rings. The van der Waals surface area contributed by atoms with Crippen molar-refractivity contribution in [3.05, 3.63) is 35.6 Å². The fraction of sp³-hybridized carbons (Fsp3) is 0.231. The summed E-state index contributed by atoms with van der Waals surface area (Å²) in [7, 11) is 3.58. The van der Waals surface area contributed by atoms with E-state index in [9.17, 15) is 9.59 Å². The van der Waals surface area contributed by atoms with Gasteiger partial charge in [-0.2, -0.15) is 0 Å². The van der Waals surface area contributed by atoms with Gasteiger partial charge in [0.2, 0.25) is 5.91 Å². The Morgan fingerprint density at radius 3 is 2.71 bits per heavy atom. The zero-order valence-corrected chi connectivity index (χ0v) is 12.5. The summed E-state index contributed by atoms with van der Waals surface area (Å²) in [5, 5.41) is 7.56. The Labute approximate surface area is 126 Å². The second kappa shape index (κ2) is 6.91. The maximum absolute atomic E-state index is 12.2. The van der Waals surface area contributed by atoms with E-state index in [-0.39, 0.29) is 18.1 Å². The Morgan fingerprint density at radius 2 is 2.05 bits per heavy atom. The number of aromatic nitrogens is 2. The number of hydrogen-bond acceptors (Lipinski definition) is 6. The van der Waals surface area contributed by atoms with E-state index in [0.29, 0.717) is 10.8 Å². The highest BCUT2D eigenvalue weighted by molar-refractivity contribution is 7.13. The quantitative estimate of drug-likeness (QED) is 0.869. The fourth-order valence-electron chi connectivity index (χ4n) is 1.61. The monoisotopic (exact) mass is 305 g/mol. The van der Waals surface area contributed by atoms with Gasteiger partial charge in [0.15, 0.2) is 10.8 Å². The lowest BCUT2D eigenvalue weighted by Gasteiger charge is -2.12. The Kier molecular flexibility index (Phi) is 4.96. The van der Waals surface area contributed by atoms with Gasteiger partial charge in [-0.15, -0.1) is 11.3 Å². The highest BCUT2D eigenvalue weighted by Crippen LogP contribution is 2.16. The molecule has 0 saturated heterocycles. The summed E-state index contributed by atoms with van der Waals surface area (Å²) in [6.07, 6.45) is 3.09. The Bertz CT molecular complexity index is 627. The molecule has 0 aromatic carbocycles. The number of rotatable bonds is 5. The average Bonchev–Trinajstić information content (AvgIpc) is 2.91. The first kappa shape index (κ1) is 15.1. The fourth-order valence-corrected chi connectivity index (χ4v) is 2.13. The lowest BCUT2D eigenvalue weighted by Crippen LogP contribution is -2.28. The number of hydrogen-bond donors (Lipinski definition) is 2. The normalized spacial score (nSPS) is 10.4. The van der Waals surface area contributed by atoms with Gasteiger partial charge in [0.05, 0.1) is 12.2 Å². The number of thiazole rings is 1. The maximum Gasteiger partial charge on any atom is 0.278 e. The minimum Gasteiger partial charge on any atom is -0.323 e. The van der Waals surface area contributed by atoms with E-state index in [1.54, 1.807) is 42.7 Å². The number of nitrogens with zero attached hydrogens (tertiary/aromatic N) is 3. The molecule has 2 heterocycles. The van der Waals surface area contributed by atoms with Crippen molar-refractivity contribution in [3.8, 4) is 0 Å². The number of likely N-dealkylation sites (N-methyl/N-ethyl adjacent to an activating group) is 1. The topological polar surface area (TPSA) is 87.2 Å². The van der Waals surface area contributed by atoms with Gasteiger partial charge in [0.1, 0.15) is 0 Å². The van der Waals surface area contributed by atoms with E-state index < -0.39 is 5.91 Å². The second-order valence-electron chi connectivity index (χ2n) is 4.48. The van der Waals surface area contributed by atoms with E-state index in [0.717, 1.165) is 0 Å². The summed E-state index contributed by atoms with van der Waals surface area (Å²) in [6, 6.07) is 3.29. The van der Waals surface area contributed by atoms with Crippen molar-refractivity contribution in [2.75, 3.05) is 31.3 Å². The van der Waals surface area contributed by atoms with Crippen LogP contribution in [0.25, 0.3) is 0 Å². The highest BCUT2D eigenvalue weighted by atomic mass is 32.1. The molecule has 0 fully saturated rings. The molecular weight excluding hydrogens is 290 g/mol. The van der Waals surface area contributed by atoms with Crippen molar-refractivity contribution >= 4 is 34.0 Å². The number of carbonyl (C=O) groups is 2. The SMILES string of the molecule is CN(C)CC(=O)Nc1cccnc1C(=O)Nc1nccs1. The van der Waals surface area contributed by atoms with Crippen LogP contribution in [0.5, 0.6) is 0 Å². The summed E-state index contributed by atoms with van der Waals surface area (Å²) in [5.41, 5.74) is 0.526. The van der Waals surface area contributed by atoms with Gasteiger partial charge in [-0.1, -0.05) is 0 Å². The molecular formula is C13H15N5O2S. The van der Waals surface area contributed by atoms with Crippen LogP contribution in [0.1, 0.15) is 10.5 Å². The molecule has 0 aliphatic carbocycles. The Balaban J connectivity index is 2.12. The number of anilines is 2. The van der Waals surface area contributed by atoms with Crippen molar-refractivity contribution in [1.82, 2.24) is 14.9 Å². The predicted molar refractivity (Wildman–Crippen MR) is 81.5 cm³/mol. The molecule has 110 valence electrons. The minimum atomic E-state index is -0.411. The third-order valence-corrected chi connectivity index (χ3v) is 3.10. The van der Waals surface area contributed by atoms with Crippen molar-refractivity contribution in [1.29, 1.82) is 0 Å². The number of nitrogens with one attached hydrogen (secondary N) is 2. The van der Waals surface area contributed by atoms with E-state index in [1.807, 2.05) is 0 Å². The first-order valence-electron chi connectivity index (χ1n) is 6.16. The third-order valence-electron chi connectivity index (χ3n) is 2.41. The summed E-state index contributed by atoms with van der Waals surface area (Å²) < 4.78 is 0. The molecule has 0 radical (unpaired) electrons. The molecule has 0 aliphatic heterocycles. The smallest absolute Gasteiger partial charge is 0.278 e. The summed E-state index contributed by atoms with van der Waals surface area (Å²) in [6.45, 7) is 0.225. The van der Waals surface area contributed by atoms with Crippen molar-refractivity contribution in [2.45, 2.75) is 0 Å². The molecule has 8 heteroatoms. The zero-order chi connectivity index (χ0) is 15.2. The van der Waals surface area contributed by atoms with Gasteiger partial charge >= 0.3 is 0 Å². The lowest BCUT2D eigenvalue weighted by molar-refractivity contribution is -0.116. The van der Waals surface area contributed by atoms with Crippen LogP contribution in [-0.4, -0.2) is 47.3 Å². The van der Waals surface area contributed by atoms with Crippen molar-refractivity contribution in [2.24, 2.45) is 0 Å². The first-order valence-corrected chi connectivity index (χ1v) is 7.04. The molecule has 0 unspecified atom stereocenters. The van der Waals surface area contributed by atoms with Gasteiger partial charge in [-0.3, -0.25) is 14.9 Å². The van der Waals surface area contributed by atoms with Crippen LogP contribution < -0.4 is 10.6 Å². The van der Waals surface area contributed by atoms with E-state index in [4.69, 9.17) is 0 Å². The molecule has 0 saturated carbocycles. The molecule has 0 atom stereocenters. The van der Waals surface area contributed by atoms with Crippen LogP contribution in [0.3, 0.4) is 0 Å². The lowest BCUT2D eigenvalue weighted by atomic mass is 10.2. The van der Waals surface area contributed by atoms with E-state index >= 15 is 0 Å². The van der Waals surface area contributed by atoms with Gasteiger partial charge in [0, 0.05) is 17.8 Å². The third kappa shape index (κ3) is 4.33. The Morgan fingerprint density at radius 1 is 1.24 bits per heavy atom. The van der Waals surface area contributed by atoms with Crippen LogP contribution in [0, 0.1) is 0 Å². The van der Waals surface area contributed by atoms with E-state index in [2.05, 4.69) is 20.6 Å². The predicted octanol–water partition coefficient (Wildman–Crippen LogP) is 1.29. The molecule has 2 aromatic heterocycles. The van der Waals surface area contributed by atoms with Crippen LogP contribution in [0.4, 0.5) is 10.8 Å². The average molecular weight is 305 g/mol. The second-order valence-corrected chi connectivity index (χ2v) is 5.37. The van der Waals surface area contributed by atoms with Crippen LogP contribution in [0.15, 0.2) is 29.9 Å². The van der Waals surface area contributed by atoms with Crippen LogP contribution >= 0.6 is 11.3 Å². The standard InChI is InChI=1S/C13H15N5O2S/c1-18(2)8-10(19)16-9-4-3-5-14-11(9)12(20)17-13-15-6-7-21-13/h3-7H,8H2,1-2H3,(H,16,19)(H,15,17,20). The maximum atomic E-state index is 12.2. The molecule has 0 bridgehead atoms. The number of carbonyl (C=O) groups excluding carboxylic acids is 2. The zero-order valence-electron chi connectivity index (χ0n) is 11.7.